The van der Waals surface area contributed by atoms with E-state index < -0.39 is 16.5 Å². The number of ether oxygens (including phenoxy) is 1. The van der Waals surface area contributed by atoms with Crippen molar-refractivity contribution in [2.45, 2.75) is 18.9 Å². The van der Waals surface area contributed by atoms with Gasteiger partial charge >= 0.3 is 11.7 Å². The molecule has 0 spiro atoms. The third-order valence-corrected chi connectivity index (χ3v) is 1.81. The normalized spacial score (nSPS) is 15.1. The van der Waals surface area contributed by atoms with Crippen LogP contribution in [0, 0.1) is 10.1 Å². The van der Waals surface area contributed by atoms with Crippen LogP contribution in [0.1, 0.15) is 12.8 Å². The van der Waals surface area contributed by atoms with Crippen molar-refractivity contribution in [1.82, 2.24) is 4.98 Å². The number of pyridine rings is 1. The zero-order chi connectivity index (χ0) is 10.1. The van der Waals surface area contributed by atoms with Gasteiger partial charge in [-0.1, -0.05) is 0 Å². The van der Waals surface area contributed by atoms with Crippen molar-refractivity contribution < 1.29 is 14.8 Å². The van der Waals surface area contributed by atoms with E-state index >= 15 is 0 Å². The van der Waals surface area contributed by atoms with Crippen LogP contribution in [-0.2, 0) is 0 Å². The van der Waals surface area contributed by atoms with Crippen molar-refractivity contribution >= 4 is 5.82 Å². The molecule has 1 fully saturated rings. The van der Waals surface area contributed by atoms with E-state index in [1.54, 1.807) is 0 Å². The number of aromatic hydroxyl groups is 1. The van der Waals surface area contributed by atoms with Crippen LogP contribution >= 0.6 is 0 Å². The fraction of sp³-hybridized carbons (Fsp3) is 0.375. The molecule has 0 radical (unpaired) electrons. The molecule has 1 saturated carbocycles. The molecule has 0 bridgehead atoms. The first-order valence-electron chi connectivity index (χ1n) is 4.18. The zero-order valence-corrected chi connectivity index (χ0v) is 7.21. The summed E-state index contributed by atoms with van der Waals surface area (Å²) < 4.78 is 5.24. The Bertz CT molecular complexity index is 376. The second kappa shape index (κ2) is 3.13. The van der Waals surface area contributed by atoms with E-state index in [0.717, 1.165) is 12.8 Å². The van der Waals surface area contributed by atoms with Gasteiger partial charge in [0.05, 0.1) is 0 Å². The molecule has 14 heavy (non-hydrogen) atoms. The average molecular weight is 196 g/mol. The van der Waals surface area contributed by atoms with Crippen LogP contribution in [-0.4, -0.2) is 21.1 Å². The van der Waals surface area contributed by atoms with Gasteiger partial charge < -0.3 is 20.0 Å². The number of hydrogen-bond acceptors (Lipinski definition) is 5. The molecule has 0 aliphatic heterocycles. The SMILES string of the molecule is O=[N+]([O-])c1nc(OC2CC2)ccc1O. The highest BCUT2D eigenvalue weighted by molar-refractivity contribution is 5.40. The molecule has 6 nitrogen and oxygen atoms in total. The van der Waals surface area contributed by atoms with E-state index in [9.17, 15) is 10.1 Å². The zero-order valence-electron chi connectivity index (χ0n) is 7.21. The lowest BCUT2D eigenvalue weighted by molar-refractivity contribution is -0.390. The molecule has 0 atom stereocenters. The van der Waals surface area contributed by atoms with Gasteiger partial charge in [-0.05, 0) is 23.8 Å². The first-order chi connectivity index (χ1) is 6.66. The van der Waals surface area contributed by atoms with Gasteiger partial charge in [0.1, 0.15) is 6.10 Å². The third kappa shape index (κ3) is 1.73. The van der Waals surface area contributed by atoms with Gasteiger partial charge in [0, 0.05) is 11.1 Å². The summed E-state index contributed by atoms with van der Waals surface area (Å²) in [6.07, 6.45) is 2.04. The van der Waals surface area contributed by atoms with Gasteiger partial charge in [0.2, 0.25) is 5.75 Å². The lowest BCUT2D eigenvalue weighted by Gasteiger charge is -1.99. The fourth-order valence-corrected chi connectivity index (χ4v) is 0.980. The predicted molar refractivity (Wildman–Crippen MR) is 46.2 cm³/mol. The molecular formula is C8H8N2O4. The highest BCUT2D eigenvalue weighted by Crippen LogP contribution is 2.29. The lowest BCUT2D eigenvalue weighted by atomic mass is 10.4. The van der Waals surface area contributed by atoms with Crippen molar-refractivity contribution in [1.29, 1.82) is 0 Å². The summed E-state index contributed by atoms with van der Waals surface area (Å²) in [5.74, 6) is -0.821. The summed E-state index contributed by atoms with van der Waals surface area (Å²) in [6.45, 7) is 0. The van der Waals surface area contributed by atoms with E-state index in [-0.39, 0.29) is 12.0 Å². The molecule has 1 aromatic rings. The summed E-state index contributed by atoms with van der Waals surface area (Å²) in [6, 6.07) is 2.63. The Balaban J connectivity index is 2.24. The van der Waals surface area contributed by atoms with Crippen molar-refractivity contribution in [3.63, 3.8) is 0 Å². The molecule has 1 N–H and O–H groups in total. The Morgan fingerprint density at radius 1 is 1.57 bits per heavy atom. The van der Waals surface area contributed by atoms with E-state index in [1.807, 2.05) is 0 Å². The molecule has 0 unspecified atom stereocenters. The Labute approximate surface area is 79.3 Å². The first kappa shape index (κ1) is 8.74. The molecule has 0 saturated heterocycles. The standard InChI is InChI=1S/C8H8N2O4/c11-6-3-4-7(14-5-1-2-5)9-8(6)10(12)13/h3-5,11H,1-2H2. The number of hydrogen-bond donors (Lipinski definition) is 1. The molecule has 0 aromatic carbocycles. The van der Waals surface area contributed by atoms with Crippen LogP contribution in [0.3, 0.4) is 0 Å². The smallest absolute Gasteiger partial charge is 0.409 e. The third-order valence-electron chi connectivity index (χ3n) is 1.81. The Kier molecular flexibility index (Phi) is 1.95. The van der Waals surface area contributed by atoms with Crippen molar-refractivity contribution in [2.75, 3.05) is 0 Å². The second-order valence-electron chi connectivity index (χ2n) is 3.07. The molecule has 1 aliphatic carbocycles. The van der Waals surface area contributed by atoms with Crippen LogP contribution in [0.15, 0.2) is 12.1 Å². The molecule has 74 valence electrons. The topological polar surface area (TPSA) is 85.5 Å². The van der Waals surface area contributed by atoms with Gasteiger partial charge in [-0.25, -0.2) is 0 Å². The molecular weight excluding hydrogens is 188 g/mol. The van der Waals surface area contributed by atoms with Crippen LogP contribution in [0.4, 0.5) is 5.82 Å². The summed E-state index contributed by atoms with van der Waals surface area (Å²) in [5, 5.41) is 19.5. The lowest BCUT2D eigenvalue weighted by Crippen LogP contribution is -2.00. The van der Waals surface area contributed by atoms with Crippen LogP contribution < -0.4 is 4.74 Å². The minimum absolute atomic E-state index is 0.131. The van der Waals surface area contributed by atoms with Gasteiger partial charge in [0.15, 0.2) is 0 Å². The van der Waals surface area contributed by atoms with E-state index in [0.29, 0.717) is 0 Å². The summed E-state index contributed by atoms with van der Waals surface area (Å²) in [7, 11) is 0. The molecule has 6 heteroatoms. The minimum atomic E-state index is -0.741. The van der Waals surface area contributed by atoms with Crippen molar-refractivity contribution in [2.24, 2.45) is 0 Å². The summed E-state index contributed by atoms with van der Waals surface area (Å²) in [5.41, 5.74) is 0. The number of nitro groups is 1. The second-order valence-corrected chi connectivity index (χ2v) is 3.07. The van der Waals surface area contributed by atoms with Crippen LogP contribution in [0.5, 0.6) is 11.6 Å². The maximum Gasteiger partial charge on any atom is 0.409 e. The van der Waals surface area contributed by atoms with Gasteiger partial charge in [-0.3, -0.25) is 0 Å². The van der Waals surface area contributed by atoms with Gasteiger partial charge in [-0.2, -0.15) is 0 Å². The fourth-order valence-electron chi connectivity index (χ4n) is 0.980. The van der Waals surface area contributed by atoms with Crippen molar-refractivity contribution in [3.05, 3.63) is 22.2 Å². The maximum absolute atomic E-state index is 10.4. The Morgan fingerprint density at radius 3 is 2.86 bits per heavy atom. The van der Waals surface area contributed by atoms with Crippen molar-refractivity contribution in [3.8, 4) is 11.6 Å². The Morgan fingerprint density at radius 2 is 2.29 bits per heavy atom. The van der Waals surface area contributed by atoms with E-state index in [4.69, 9.17) is 9.84 Å². The summed E-state index contributed by atoms with van der Waals surface area (Å²) >= 11 is 0. The quantitative estimate of drug-likeness (QED) is 0.580. The highest BCUT2D eigenvalue weighted by Gasteiger charge is 2.27. The van der Waals surface area contributed by atoms with Gasteiger partial charge in [-0.15, -0.1) is 0 Å². The number of aromatic nitrogens is 1. The van der Waals surface area contributed by atoms with Gasteiger partial charge in [0.25, 0.3) is 0 Å². The average Bonchev–Trinajstić information content (AvgIpc) is 2.92. The molecule has 1 aromatic heterocycles. The molecule has 2 rings (SSSR count). The molecule has 0 amide bonds. The summed E-state index contributed by atoms with van der Waals surface area (Å²) in [4.78, 5) is 13.2. The highest BCUT2D eigenvalue weighted by atomic mass is 16.6. The van der Waals surface area contributed by atoms with Crippen LogP contribution in [0.2, 0.25) is 0 Å². The monoisotopic (exact) mass is 196 g/mol. The molecule has 1 heterocycles. The largest absolute Gasteiger partial charge is 0.501 e. The predicted octanol–water partition coefficient (Wildman–Crippen LogP) is 1.24. The minimum Gasteiger partial charge on any atom is -0.501 e. The van der Waals surface area contributed by atoms with Crippen LogP contribution in [0.25, 0.3) is 0 Å². The van der Waals surface area contributed by atoms with E-state index in [1.165, 1.54) is 12.1 Å². The Hall–Kier alpha value is -1.85. The first-order valence-corrected chi connectivity index (χ1v) is 4.18. The molecule has 1 aliphatic rings. The number of rotatable bonds is 3. The number of nitrogens with zero attached hydrogens (tertiary/aromatic N) is 2. The maximum atomic E-state index is 10.4. The van der Waals surface area contributed by atoms with E-state index in [2.05, 4.69) is 4.98 Å².